The molecular weight excluding hydrogens is 254 g/mol. The molecule has 2 amide bonds. The molecule has 1 aromatic carbocycles. The molecule has 1 aromatic rings. The van der Waals surface area contributed by atoms with Crippen molar-refractivity contribution >= 4 is 17.5 Å². The maximum atomic E-state index is 12.1. The van der Waals surface area contributed by atoms with E-state index < -0.39 is 0 Å². The highest BCUT2D eigenvalue weighted by Gasteiger charge is 2.19. The number of rotatable bonds is 3. The molecule has 20 heavy (non-hydrogen) atoms. The molecule has 2 aliphatic heterocycles. The van der Waals surface area contributed by atoms with Gasteiger partial charge in [0.1, 0.15) is 0 Å². The van der Waals surface area contributed by atoms with Crippen LogP contribution in [-0.2, 0) is 11.2 Å². The molecule has 0 saturated carbocycles. The zero-order valence-electron chi connectivity index (χ0n) is 11.4. The number of hydrogen-bond acceptors (Lipinski definition) is 3. The van der Waals surface area contributed by atoms with Crippen LogP contribution in [0.25, 0.3) is 0 Å². The number of anilines is 1. The van der Waals surface area contributed by atoms with Crippen LogP contribution < -0.4 is 16.0 Å². The second-order valence-corrected chi connectivity index (χ2v) is 5.50. The fourth-order valence-electron chi connectivity index (χ4n) is 2.78. The minimum absolute atomic E-state index is 0.00716. The summed E-state index contributed by atoms with van der Waals surface area (Å²) in [5.74, 6) is 0.495. The van der Waals surface area contributed by atoms with Crippen molar-refractivity contribution in [1.82, 2.24) is 10.6 Å². The van der Waals surface area contributed by atoms with Gasteiger partial charge in [-0.2, -0.15) is 0 Å². The highest BCUT2D eigenvalue weighted by atomic mass is 16.2. The Morgan fingerprint density at radius 1 is 1.30 bits per heavy atom. The summed E-state index contributed by atoms with van der Waals surface area (Å²) in [4.78, 5) is 23.4. The van der Waals surface area contributed by atoms with E-state index in [0.29, 0.717) is 17.9 Å². The summed E-state index contributed by atoms with van der Waals surface area (Å²) in [5, 5.41) is 9.08. The van der Waals surface area contributed by atoms with Crippen LogP contribution in [0.2, 0.25) is 0 Å². The normalized spacial score (nSPS) is 18.5. The van der Waals surface area contributed by atoms with Gasteiger partial charge >= 0.3 is 0 Å². The van der Waals surface area contributed by atoms with Gasteiger partial charge in [-0.3, -0.25) is 9.59 Å². The maximum Gasteiger partial charge on any atom is 0.251 e. The van der Waals surface area contributed by atoms with Gasteiger partial charge < -0.3 is 16.0 Å². The molecule has 106 valence electrons. The van der Waals surface area contributed by atoms with E-state index in [9.17, 15) is 9.59 Å². The molecule has 5 nitrogen and oxygen atoms in total. The van der Waals surface area contributed by atoms with Gasteiger partial charge in [-0.05, 0) is 49.5 Å². The number of carbonyl (C=O) groups excluding carboxylic acids is 2. The summed E-state index contributed by atoms with van der Waals surface area (Å²) in [6.45, 7) is 2.79. The monoisotopic (exact) mass is 273 g/mol. The van der Waals surface area contributed by atoms with Crippen molar-refractivity contribution in [2.75, 3.05) is 25.0 Å². The number of amides is 2. The lowest BCUT2D eigenvalue weighted by Crippen LogP contribution is -2.35. The Morgan fingerprint density at radius 3 is 2.90 bits per heavy atom. The lowest BCUT2D eigenvalue weighted by Gasteiger charge is -2.22. The third-order valence-electron chi connectivity index (χ3n) is 4.01. The molecule has 3 N–H and O–H groups in total. The lowest BCUT2D eigenvalue weighted by molar-refractivity contribution is -0.115. The fraction of sp³-hybridized carbons (Fsp3) is 0.467. The highest BCUT2D eigenvalue weighted by Crippen LogP contribution is 2.24. The van der Waals surface area contributed by atoms with Gasteiger partial charge in [0.2, 0.25) is 5.91 Å². The molecule has 0 spiro atoms. The van der Waals surface area contributed by atoms with Crippen LogP contribution in [0.5, 0.6) is 0 Å². The number of benzene rings is 1. The number of carbonyl (C=O) groups is 2. The van der Waals surface area contributed by atoms with E-state index in [2.05, 4.69) is 16.0 Å². The third kappa shape index (κ3) is 2.82. The van der Waals surface area contributed by atoms with E-state index in [4.69, 9.17) is 0 Å². The molecule has 5 heteroatoms. The largest absolute Gasteiger partial charge is 0.352 e. The van der Waals surface area contributed by atoms with Gasteiger partial charge in [0.05, 0.1) is 6.42 Å². The van der Waals surface area contributed by atoms with E-state index in [1.807, 2.05) is 6.07 Å². The van der Waals surface area contributed by atoms with E-state index in [0.717, 1.165) is 43.7 Å². The van der Waals surface area contributed by atoms with Crippen molar-refractivity contribution < 1.29 is 9.59 Å². The Bertz CT molecular complexity index is 536. The summed E-state index contributed by atoms with van der Waals surface area (Å²) in [6, 6.07) is 5.40. The van der Waals surface area contributed by atoms with Gasteiger partial charge in [-0.1, -0.05) is 6.07 Å². The first-order chi connectivity index (χ1) is 9.72. The number of hydrogen-bond donors (Lipinski definition) is 3. The predicted molar refractivity (Wildman–Crippen MR) is 76.7 cm³/mol. The standard InChI is InChI=1S/C15H19N3O2/c19-14-8-11-1-2-12(7-13(11)18-14)15(20)17-9-10-3-5-16-6-4-10/h1-2,7,10,16H,3-6,8-9H2,(H,17,20)(H,18,19). The fourth-order valence-corrected chi connectivity index (χ4v) is 2.78. The summed E-state index contributed by atoms with van der Waals surface area (Å²) in [7, 11) is 0. The molecule has 0 unspecified atom stereocenters. The van der Waals surface area contributed by atoms with Crippen LogP contribution in [-0.4, -0.2) is 31.4 Å². The Labute approximate surface area is 118 Å². The van der Waals surface area contributed by atoms with Crippen LogP contribution in [0.15, 0.2) is 18.2 Å². The first-order valence-corrected chi connectivity index (χ1v) is 7.14. The van der Waals surface area contributed by atoms with Crippen molar-refractivity contribution in [1.29, 1.82) is 0 Å². The van der Waals surface area contributed by atoms with Crippen LogP contribution in [0, 0.1) is 5.92 Å². The van der Waals surface area contributed by atoms with Gasteiger partial charge in [-0.15, -0.1) is 0 Å². The van der Waals surface area contributed by atoms with E-state index in [1.165, 1.54) is 0 Å². The second kappa shape index (κ2) is 5.63. The Kier molecular flexibility index (Phi) is 3.69. The quantitative estimate of drug-likeness (QED) is 0.766. The predicted octanol–water partition coefficient (Wildman–Crippen LogP) is 0.911. The molecule has 1 saturated heterocycles. The molecular formula is C15H19N3O2. The number of fused-ring (bicyclic) bond motifs is 1. The van der Waals surface area contributed by atoms with Crippen LogP contribution in [0.3, 0.4) is 0 Å². The Morgan fingerprint density at radius 2 is 2.10 bits per heavy atom. The second-order valence-electron chi connectivity index (χ2n) is 5.50. The molecule has 2 aliphatic rings. The first-order valence-electron chi connectivity index (χ1n) is 7.14. The molecule has 0 aromatic heterocycles. The molecule has 0 atom stereocenters. The van der Waals surface area contributed by atoms with Crippen molar-refractivity contribution in [3.05, 3.63) is 29.3 Å². The average molecular weight is 273 g/mol. The molecule has 1 fully saturated rings. The summed E-state index contributed by atoms with van der Waals surface area (Å²) < 4.78 is 0. The molecule has 2 heterocycles. The van der Waals surface area contributed by atoms with Crippen molar-refractivity contribution in [3.63, 3.8) is 0 Å². The number of nitrogens with one attached hydrogen (secondary N) is 3. The minimum atomic E-state index is -0.0625. The molecule has 3 rings (SSSR count). The van der Waals surface area contributed by atoms with Crippen molar-refractivity contribution in [2.24, 2.45) is 5.92 Å². The minimum Gasteiger partial charge on any atom is -0.352 e. The van der Waals surface area contributed by atoms with Crippen LogP contribution in [0.4, 0.5) is 5.69 Å². The zero-order chi connectivity index (χ0) is 13.9. The summed E-state index contributed by atoms with van der Waals surface area (Å²) >= 11 is 0. The van der Waals surface area contributed by atoms with Gasteiger partial charge in [0.15, 0.2) is 0 Å². The molecule has 0 bridgehead atoms. The Hall–Kier alpha value is -1.88. The average Bonchev–Trinajstić information content (AvgIpc) is 2.85. The van der Waals surface area contributed by atoms with Crippen LogP contribution in [0.1, 0.15) is 28.8 Å². The zero-order valence-corrected chi connectivity index (χ0v) is 11.4. The van der Waals surface area contributed by atoms with Crippen molar-refractivity contribution in [3.8, 4) is 0 Å². The number of piperidine rings is 1. The smallest absolute Gasteiger partial charge is 0.251 e. The van der Waals surface area contributed by atoms with Gasteiger partial charge in [-0.25, -0.2) is 0 Å². The third-order valence-corrected chi connectivity index (χ3v) is 4.01. The molecule has 0 radical (unpaired) electrons. The maximum absolute atomic E-state index is 12.1. The lowest BCUT2D eigenvalue weighted by atomic mass is 9.98. The first kappa shape index (κ1) is 13.1. The van der Waals surface area contributed by atoms with Crippen molar-refractivity contribution in [2.45, 2.75) is 19.3 Å². The van der Waals surface area contributed by atoms with E-state index >= 15 is 0 Å². The molecule has 0 aliphatic carbocycles. The highest BCUT2D eigenvalue weighted by molar-refractivity contribution is 6.02. The van der Waals surface area contributed by atoms with Crippen LogP contribution >= 0.6 is 0 Å². The van der Waals surface area contributed by atoms with Gasteiger partial charge in [0.25, 0.3) is 5.91 Å². The Balaban J connectivity index is 1.60. The SMILES string of the molecule is O=C1Cc2ccc(C(=O)NCC3CCNCC3)cc2N1. The van der Waals surface area contributed by atoms with E-state index in [1.54, 1.807) is 12.1 Å². The van der Waals surface area contributed by atoms with E-state index in [-0.39, 0.29) is 11.8 Å². The van der Waals surface area contributed by atoms with Gasteiger partial charge in [0, 0.05) is 17.8 Å². The topological polar surface area (TPSA) is 70.2 Å². The summed E-state index contributed by atoms with van der Waals surface area (Å²) in [5.41, 5.74) is 2.34. The summed E-state index contributed by atoms with van der Waals surface area (Å²) in [6.07, 6.45) is 2.63.